The summed E-state index contributed by atoms with van der Waals surface area (Å²) in [6.45, 7) is 7.20. The first-order valence-corrected chi connectivity index (χ1v) is 6.29. The fourth-order valence-corrected chi connectivity index (χ4v) is 2.43. The molecule has 0 spiro atoms. The van der Waals surface area contributed by atoms with Gasteiger partial charge in [-0.25, -0.2) is 0 Å². The maximum absolute atomic E-state index is 4.55. The minimum atomic E-state index is 0.833. The van der Waals surface area contributed by atoms with E-state index in [-0.39, 0.29) is 0 Å². The first kappa shape index (κ1) is 12.8. The Bertz CT molecular complexity index is 567. The van der Waals surface area contributed by atoms with E-state index in [9.17, 15) is 0 Å². The van der Waals surface area contributed by atoms with Gasteiger partial charge < -0.3 is 5.32 Å². The molecular weight excluding hydrogens is 222 g/mol. The standard InChI is InChI=1S/C15H21N3/c1-10-6-7-11(2)13(8-10)15-12(3)17-18(5)14(15)9-16-4/h6-8,16H,9H2,1-5H3. The van der Waals surface area contributed by atoms with E-state index in [2.05, 4.69) is 49.4 Å². The van der Waals surface area contributed by atoms with E-state index in [1.165, 1.54) is 27.9 Å². The van der Waals surface area contributed by atoms with Crippen molar-refractivity contribution in [3.8, 4) is 11.1 Å². The van der Waals surface area contributed by atoms with Crippen molar-refractivity contribution in [3.63, 3.8) is 0 Å². The molecule has 1 heterocycles. The van der Waals surface area contributed by atoms with Gasteiger partial charge in [0.25, 0.3) is 0 Å². The van der Waals surface area contributed by atoms with Gasteiger partial charge in [-0.1, -0.05) is 23.8 Å². The van der Waals surface area contributed by atoms with Gasteiger partial charge in [-0.3, -0.25) is 4.68 Å². The van der Waals surface area contributed by atoms with E-state index in [1.807, 2.05) is 18.8 Å². The molecule has 1 aromatic heterocycles. The zero-order valence-electron chi connectivity index (χ0n) is 11.8. The first-order valence-electron chi connectivity index (χ1n) is 6.29. The van der Waals surface area contributed by atoms with Crippen LogP contribution in [0.4, 0.5) is 0 Å². The summed E-state index contributed by atoms with van der Waals surface area (Å²) in [5, 5.41) is 7.78. The molecule has 0 fully saturated rings. The number of aryl methyl sites for hydroxylation is 4. The van der Waals surface area contributed by atoms with Crippen LogP contribution in [0.1, 0.15) is 22.5 Å². The van der Waals surface area contributed by atoms with Gasteiger partial charge in [0.15, 0.2) is 0 Å². The lowest BCUT2D eigenvalue weighted by Gasteiger charge is -2.10. The van der Waals surface area contributed by atoms with Crippen LogP contribution in [0.25, 0.3) is 11.1 Å². The fraction of sp³-hybridized carbons (Fsp3) is 0.400. The minimum absolute atomic E-state index is 0.833. The average Bonchev–Trinajstić information content (AvgIpc) is 2.58. The van der Waals surface area contributed by atoms with Crippen molar-refractivity contribution in [1.29, 1.82) is 0 Å². The normalized spacial score (nSPS) is 10.9. The summed E-state index contributed by atoms with van der Waals surface area (Å²) in [6.07, 6.45) is 0. The predicted octanol–water partition coefficient (Wildman–Crippen LogP) is 2.73. The number of benzene rings is 1. The second kappa shape index (κ2) is 4.94. The van der Waals surface area contributed by atoms with E-state index in [1.54, 1.807) is 0 Å². The Kier molecular flexibility index (Phi) is 3.53. The summed E-state index contributed by atoms with van der Waals surface area (Å²) < 4.78 is 1.98. The lowest BCUT2D eigenvalue weighted by atomic mass is 9.96. The van der Waals surface area contributed by atoms with Gasteiger partial charge in [0.05, 0.1) is 11.4 Å². The summed E-state index contributed by atoms with van der Waals surface area (Å²) in [5.74, 6) is 0. The Labute approximate surface area is 109 Å². The average molecular weight is 243 g/mol. The van der Waals surface area contributed by atoms with E-state index in [0.717, 1.165) is 12.2 Å². The highest BCUT2D eigenvalue weighted by Crippen LogP contribution is 2.30. The van der Waals surface area contributed by atoms with E-state index >= 15 is 0 Å². The molecule has 1 aromatic carbocycles. The maximum Gasteiger partial charge on any atom is 0.0675 e. The highest BCUT2D eigenvalue weighted by molar-refractivity contribution is 5.72. The molecule has 0 radical (unpaired) electrons. The van der Waals surface area contributed by atoms with Gasteiger partial charge in [-0.2, -0.15) is 5.10 Å². The van der Waals surface area contributed by atoms with E-state index < -0.39 is 0 Å². The molecule has 96 valence electrons. The molecule has 0 unspecified atom stereocenters. The molecule has 0 saturated heterocycles. The van der Waals surface area contributed by atoms with Crippen molar-refractivity contribution < 1.29 is 0 Å². The molecule has 3 nitrogen and oxygen atoms in total. The van der Waals surface area contributed by atoms with E-state index in [4.69, 9.17) is 0 Å². The molecule has 2 aromatic rings. The monoisotopic (exact) mass is 243 g/mol. The Hall–Kier alpha value is -1.61. The van der Waals surface area contributed by atoms with Crippen LogP contribution < -0.4 is 5.32 Å². The summed E-state index contributed by atoms with van der Waals surface area (Å²) in [4.78, 5) is 0. The summed E-state index contributed by atoms with van der Waals surface area (Å²) in [6, 6.07) is 6.58. The predicted molar refractivity (Wildman–Crippen MR) is 75.6 cm³/mol. The van der Waals surface area contributed by atoms with Crippen molar-refractivity contribution in [2.24, 2.45) is 7.05 Å². The third-order valence-electron chi connectivity index (χ3n) is 3.35. The van der Waals surface area contributed by atoms with Crippen molar-refractivity contribution in [1.82, 2.24) is 15.1 Å². The zero-order valence-corrected chi connectivity index (χ0v) is 11.8. The van der Waals surface area contributed by atoms with Gasteiger partial charge in [0.1, 0.15) is 0 Å². The van der Waals surface area contributed by atoms with Crippen molar-refractivity contribution in [2.45, 2.75) is 27.3 Å². The lowest BCUT2D eigenvalue weighted by Crippen LogP contribution is -2.10. The molecule has 0 aliphatic carbocycles. The largest absolute Gasteiger partial charge is 0.314 e. The number of rotatable bonds is 3. The van der Waals surface area contributed by atoms with Gasteiger partial charge in [-0.05, 0) is 38.9 Å². The van der Waals surface area contributed by atoms with Crippen molar-refractivity contribution >= 4 is 0 Å². The second-order valence-electron chi connectivity index (χ2n) is 4.88. The molecule has 0 bridgehead atoms. The SMILES string of the molecule is CNCc1c(-c2cc(C)ccc2C)c(C)nn1C. The molecule has 1 N–H and O–H groups in total. The molecule has 18 heavy (non-hydrogen) atoms. The molecule has 0 atom stereocenters. The van der Waals surface area contributed by atoms with Crippen LogP contribution in [0.3, 0.4) is 0 Å². The highest BCUT2D eigenvalue weighted by atomic mass is 15.3. The summed E-state index contributed by atoms with van der Waals surface area (Å²) in [7, 11) is 3.98. The molecule has 0 amide bonds. The third kappa shape index (κ3) is 2.18. The van der Waals surface area contributed by atoms with Gasteiger partial charge >= 0.3 is 0 Å². The van der Waals surface area contributed by atoms with Crippen molar-refractivity contribution in [3.05, 3.63) is 40.7 Å². The summed E-state index contributed by atoms with van der Waals surface area (Å²) >= 11 is 0. The van der Waals surface area contributed by atoms with Crippen LogP contribution in [0.5, 0.6) is 0 Å². The highest BCUT2D eigenvalue weighted by Gasteiger charge is 2.16. The quantitative estimate of drug-likeness (QED) is 0.898. The second-order valence-corrected chi connectivity index (χ2v) is 4.88. The van der Waals surface area contributed by atoms with Crippen molar-refractivity contribution in [2.75, 3.05) is 7.05 Å². The third-order valence-corrected chi connectivity index (χ3v) is 3.35. The number of nitrogens with zero attached hydrogens (tertiary/aromatic N) is 2. The van der Waals surface area contributed by atoms with Crippen LogP contribution in [0.2, 0.25) is 0 Å². The Morgan fingerprint density at radius 1 is 1.22 bits per heavy atom. The van der Waals surface area contributed by atoms with E-state index in [0.29, 0.717) is 0 Å². The molecular formula is C15H21N3. The number of aromatic nitrogens is 2. The van der Waals surface area contributed by atoms with Gasteiger partial charge in [0, 0.05) is 19.2 Å². The van der Waals surface area contributed by atoms with Crippen LogP contribution >= 0.6 is 0 Å². The number of hydrogen-bond acceptors (Lipinski definition) is 2. The zero-order chi connectivity index (χ0) is 13.3. The fourth-order valence-electron chi connectivity index (χ4n) is 2.43. The molecule has 0 aliphatic rings. The van der Waals surface area contributed by atoms with Crippen LogP contribution in [0, 0.1) is 20.8 Å². The topological polar surface area (TPSA) is 29.9 Å². The first-order chi connectivity index (χ1) is 8.54. The van der Waals surface area contributed by atoms with Gasteiger partial charge in [-0.15, -0.1) is 0 Å². The van der Waals surface area contributed by atoms with Gasteiger partial charge in [0.2, 0.25) is 0 Å². The molecule has 0 saturated carbocycles. The minimum Gasteiger partial charge on any atom is -0.314 e. The van der Waals surface area contributed by atoms with Crippen LogP contribution in [-0.4, -0.2) is 16.8 Å². The van der Waals surface area contributed by atoms with Crippen LogP contribution in [0.15, 0.2) is 18.2 Å². The Morgan fingerprint density at radius 2 is 1.94 bits per heavy atom. The molecule has 2 rings (SSSR count). The molecule has 3 heteroatoms. The maximum atomic E-state index is 4.55. The smallest absolute Gasteiger partial charge is 0.0675 e. The lowest BCUT2D eigenvalue weighted by molar-refractivity contribution is 0.669. The Balaban J connectivity index is 2.66. The molecule has 0 aliphatic heterocycles. The van der Waals surface area contributed by atoms with Crippen LogP contribution in [-0.2, 0) is 13.6 Å². The summed E-state index contributed by atoms with van der Waals surface area (Å²) in [5.41, 5.74) is 7.49. The number of hydrogen-bond donors (Lipinski definition) is 1. The Morgan fingerprint density at radius 3 is 2.61 bits per heavy atom. The number of nitrogens with one attached hydrogen (secondary N) is 1.